The Hall–Kier alpha value is -1.42. The number of likely N-dealkylation sites (tertiary alicyclic amines) is 1. The van der Waals surface area contributed by atoms with Crippen LogP contribution in [-0.4, -0.2) is 69.6 Å². The first-order valence-corrected chi connectivity index (χ1v) is 8.63. The van der Waals surface area contributed by atoms with Gasteiger partial charge in [-0.25, -0.2) is 0 Å². The van der Waals surface area contributed by atoms with E-state index in [4.69, 9.17) is 19.2 Å². The number of β-amino-alcohol motifs (C(OH)–C–C–N with tert-alkyl or cyclic N) is 1. The third-order valence-corrected chi connectivity index (χ3v) is 4.23. The molecule has 0 radical (unpaired) electrons. The maximum atomic E-state index is 9.73. The minimum atomic E-state index is -0.269. The van der Waals surface area contributed by atoms with Crippen molar-refractivity contribution in [3.8, 4) is 17.2 Å². The topological polar surface area (TPSA) is 75.6 Å². The first-order chi connectivity index (χ1) is 12.1. The summed E-state index contributed by atoms with van der Waals surface area (Å²) in [5, 5.41) is 13.0. The number of aliphatic imine (C=N–C) groups is 1. The third-order valence-electron chi connectivity index (χ3n) is 4.23. The lowest BCUT2D eigenvalue weighted by Crippen LogP contribution is -2.40. The summed E-state index contributed by atoms with van der Waals surface area (Å²) in [5.41, 5.74) is 1.02. The molecule has 0 bridgehead atoms. The molecule has 1 aromatic carbocycles. The van der Waals surface area contributed by atoms with Gasteiger partial charge in [0.2, 0.25) is 5.75 Å². The normalized spacial score (nSPS) is 16.9. The number of rotatable bonds is 7. The molecule has 1 aromatic rings. The fourth-order valence-corrected chi connectivity index (χ4v) is 3.00. The molecule has 0 unspecified atom stereocenters. The van der Waals surface area contributed by atoms with Crippen molar-refractivity contribution in [3.05, 3.63) is 17.7 Å². The molecule has 0 aromatic heterocycles. The zero-order chi connectivity index (χ0) is 18.2. The molecule has 7 nitrogen and oxygen atoms in total. The second-order valence-corrected chi connectivity index (χ2v) is 5.87. The van der Waals surface area contributed by atoms with Gasteiger partial charge in [-0.3, -0.25) is 4.99 Å². The molecule has 1 heterocycles. The van der Waals surface area contributed by atoms with Gasteiger partial charge in [-0.2, -0.15) is 0 Å². The van der Waals surface area contributed by atoms with E-state index in [1.807, 2.05) is 19.1 Å². The van der Waals surface area contributed by atoms with Crippen LogP contribution in [0.25, 0.3) is 0 Å². The molecule has 1 saturated heterocycles. The zero-order valence-electron chi connectivity index (χ0n) is 15.9. The van der Waals surface area contributed by atoms with Crippen molar-refractivity contribution in [2.75, 3.05) is 47.5 Å². The molecule has 26 heavy (non-hydrogen) atoms. The summed E-state index contributed by atoms with van der Waals surface area (Å²) in [6.07, 6.45) is 1.23. The number of benzene rings is 1. The van der Waals surface area contributed by atoms with Gasteiger partial charge in [0.05, 0.1) is 27.4 Å². The average Bonchev–Trinajstić information content (AvgIpc) is 3.06. The molecule has 8 heteroatoms. The zero-order valence-corrected chi connectivity index (χ0v) is 18.3. The lowest BCUT2D eigenvalue weighted by atomic mass is 10.1. The SMILES string of the molecule is CCNC(=NCCc1ccc(OC)c(OC)c1OC)N1CC[C@@H](O)C1.I. The lowest BCUT2D eigenvalue weighted by molar-refractivity contribution is 0.188. The molecule has 0 aliphatic carbocycles. The Bertz CT molecular complexity index is 598. The van der Waals surface area contributed by atoms with E-state index in [9.17, 15) is 5.11 Å². The van der Waals surface area contributed by atoms with Crippen molar-refractivity contribution in [1.82, 2.24) is 10.2 Å². The minimum absolute atomic E-state index is 0. The second kappa shape index (κ2) is 11.3. The molecule has 1 aliphatic rings. The number of methoxy groups -OCH3 is 3. The highest BCUT2D eigenvalue weighted by molar-refractivity contribution is 14.0. The lowest BCUT2D eigenvalue weighted by Gasteiger charge is -2.21. The fraction of sp³-hybridized carbons (Fsp3) is 0.611. The van der Waals surface area contributed by atoms with E-state index in [1.54, 1.807) is 21.3 Å². The molecule has 0 spiro atoms. The van der Waals surface area contributed by atoms with E-state index in [0.29, 0.717) is 30.3 Å². The number of ether oxygens (including phenoxy) is 3. The summed E-state index contributed by atoms with van der Waals surface area (Å²) in [6, 6.07) is 3.85. The Morgan fingerprint density at radius 1 is 1.23 bits per heavy atom. The summed E-state index contributed by atoms with van der Waals surface area (Å²) in [4.78, 5) is 6.79. The third kappa shape index (κ3) is 5.54. The van der Waals surface area contributed by atoms with Gasteiger partial charge in [-0.05, 0) is 25.8 Å². The molecule has 0 amide bonds. The number of aliphatic hydroxyl groups excluding tert-OH is 1. The van der Waals surface area contributed by atoms with Crippen LogP contribution in [0, 0.1) is 0 Å². The summed E-state index contributed by atoms with van der Waals surface area (Å²) in [5.74, 6) is 2.77. The Labute approximate surface area is 172 Å². The molecule has 2 N–H and O–H groups in total. The van der Waals surface area contributed by atoms with Gasteiger partial charge < -0.3 is 29.5 Å². The van der Waals surface area contributed by atoms with E-state index in [0.717, 1.165) is 37.5 Å². The maximum Gasteiger partial charge on any atom is 0.203 e. The van der Waals surface area contributed by atoms with Crippen molar-refractivity contribution in [3.63, 3.8) is 0 Å². The summed E-state index contributed by atoms with van der Waals surface area (Å²) in [7, 11) is 4.83. The highest BCUT2D eigenvalue weighted by Crippen LogP contribution is 2.39. The van der Waals surface area contributed by atoms with E-state index in [1.165, 1.54) is 0 Å². The number of hydrogen-bond donors (Lipinski definition) is 2. The largest absolute Gasteiger partial charge is 0.493 e. The van der Waals surface area contributed by atoms with Crippen molar-refractivity contribution >= 4 is 29.9 Å². The molecule has 1 atom stereocenters. The number of guanidine groups is 1. The second-order valence-electron chi connectivity index (χ2n) is 5.87. The first kappa shape index (κ1) is 22.6. The van der Waals surface area contributed by atoms with Crippen LogP contribution in [0.15, 0.2) is 17.1 Å². The Balaban J connectivity index is 0.00000338. The Kier molecular flexibility index (Phi) is 9.85. The van der Waals surface area contributed by atoms with Gasteiger partial charge in [-0.15, -0.1) is 24.0 Å². The molecule has 1 aliphatic heterocycles. The van der Waals surface area contributed by atoms with Gasteiger partial charge in [0.25, 0.3) is 0 Å². The van der Waals surface area contributed by atoms with Crippen molar-refractivity contribution in [2.24, 2.45) is 4.99 Å². The van der Waals surface area contributed by atoms with Crippen LogP contribution in [-0.2, 0) is 6.42 Å². The minimum Gasteiger partial charge on any atom is -0.493 e. The van der Waals surface area contributed by atoms with Crippen molar-refractivity contribution in [1.29, 1.82) is 0 Å². The molecular weight excluding hydrogens is 449 g/mol. The summed E-state index contributed by atoms with van der Waals surface area (Å²) < 4.78 is 16.3. The van der Waals surface area contributed by atoms with E-state index in [2.05, 4.69) is 10.2 Å². The predicted octanol–water partition coefficient (Wildman–Crippen LogP) is 1.90. The Morgan fingerprint density at radius 2 is 1.96 bits per heavy atom. The van der Waals surface area contributed by atoms with Crippen molar-refractivity contribution in [2.45, 2.75) is 25.9 Å². The van der Waals surface area contributed by atoms with E-state index < -0.39 is 0 Å². The molecular formula is C18H30IN3O4. The van der Waals surface area contributed by atoms with Crippen LogP contribution in [0.1, 0.15) is 18.9 Å². The molecule has 148 valence electrons. The van der Waals surface area contributed by atoms with Gasteiger partial charge >= 0.3 is 0 Å². The monoisotopic (exact) mass is 479 g/mol. The fourth-order valence-electron chi connectivity index (χ4n) is 3.00. The quantitative estimate of drug-likeness (QED) is 0.354. The summed E-state index contributed by atoms with van der Waals surface area (Å²) in [6.45, 7) is 4.91. The van der Waals surface area contributed by atoms with E-state index in [-0.39, 0.29) is 30.1 Å². The van der Waals surface area contributed by atoms with E-state index >= 15 is 0 Å². The smallest absolute Gasteiger partial charge is 0.203 e. The van der Waals surface area contributed by atoms with Crippen LogP contribution in [0.3, 0.4) is 0 Å². The average molecular weight is 479 g/mol. The number of nitrogens with one attached hydrogen (secondary N) is 1. The van der Waals surface area contributed by atoms with Gasteiger partial charge in [0.15, 0.2) is 17.5 Å². The van der Waals surface area contributed by atoms with Crippen LogP contribution in [0.2, 0.25) is 0 Å². The number of hydrogen-bond acceptors (Lipinski definition) is 5. The first-order valence-electron chi connectivity index (χ1n) is 8.63. The van der Waals surface area contributed by atoms with Crippen LogP contribution in [0.4, 0.5) is 0 Å². The number of halogens is 1. The highest BCUT2D eigenvalue weighted by Gasteiger charge is 2.22. The maximum absolute atomic E-state index is 9.73. The summed E-state index contributed by atoms with van der Waals surface area (Å²) >= 11 is 0. The van der Waals surface area contributed by atoms with Crippen LogP contribution >= 0.6 is 24.0 Å². The van der Waals surface area contributed by atoms with Crippen LogP contribution < -0.4 is 19.5 Å². The predicted molar refractivity (Wildman–Crippen MR) is 113 cm³/mol. The van der Waals surface area contributed by atoms with Gasteiger partial charge in [0, 0.05) is 31.7 Å². The van der Waals surface area contributed by atoms with Crippen LogP contribution in [0.5, 0.6) is 17.2 Å². The van der Waals surface area contributed by atoms with Gasteiger partial charge in [-0.1, -0.05) is 6.07 Å². The van der Waals surface area contributed by atoms with Crippen molar-refractivity contribution < 1.29 is 19.3 Å². The Morgan fingerprint density at radius 3 is 2.50 bits per heavy atom. The number of aliphatic hydroxyl groups is 1. The molecule has 2 rings (SSSR count). The molecule has 0 saturated carbocycles. The molecule has 1 fully saturated rings. The number of nitrogens with zero attached hydrogens (tertiary/aromatic N) is 2. The standard InChI is InChI=1S/C18H29N3O4.HI/c1-5-19-18(21-11-9-14(22)12-21)20-10-8-13-6-7-15(23-2)17(25-4)16(13)24-3;/h6-7,14,22H,5,8-12H2,1-4H3,(H,19,20);1H/t14-;/m1./s1. The van der Waals surface area contributed by atoms with Gasteiger partial charge in [0.1, 0.15) is 0 Å². The highest BCUT2D eigenvalue weighted by atomic mass is 127.